The first kappa shape index (κ1) is 14.8. The number of hydrogen-bond acceptors (Lipinski definition) is 4. The number of benzene rings is 1. The second kappa shape index (κ2) is 7.24. The lowest BCUT2D eigenvalue weighted by Gasteiger charge is -2.18. The minimum atomic E-state index is 0.190. The molecule has 18 heavy (non-hydrogen) atoms. The highest BCUT2D eigenvalue weighted by Crippen LogP contribution is 2.28. The van der Waals surface area contributed by atoms with Crippen LogP contribution in [0.2, 0.25) is 0 Å². The second-order valence-electron chi connectivity index (χ2n) is 4.40. The lowest BCUT2D eigenvalue weighted by Crippen LogP contribution is -2.24. The number of nitrogens with zero attached hydrogens (tertiary/aromatic N) is 1. The van der Waals surface area contributed by atoms with Crippen molar-refractivity contribution >= 4 is 0 Å². The molecule has 1 N–H and O–H groups in total. The van der Waals surface area contributed by atoms with Crippen LogP contribution >= 0.6 is 0 Å². The SMILES string of the molecule is COc1cc(C)c(CCN(C)CCO)c(OC)c1. The molecule has 0 atom stereocenters. The van der Waals surface area contributed by atoms with Crippen LogP contribution in [0.3, 0.4) is 0 Å². The Morgan fingerprint density at radius 1 is 1.17 bits per heavy atom. The van der Waals surface area contributed by atoms with E-state index in [1.54, 1.807) is 14.2 Å². The van der Waals surface area contributed by atoms with Gasteiger partial charge in [0.25, 0.3) is 0 Å². The Bertz CT molecular complexity index is 380. The molecule has 0 saturated heterocycles. The van der Waals surface area contributed by atoms with E-state index in [1.165, 1.54) is 11.1 Å². The van der Waals surface area contributed by atoms with Gasteiger partial charge in [-0.1, -0.05) is 0 Å². The van der Waals surface area contributed by atoms with Gasteiger partial charge in [-0.2, -0.15) is 0 Å². The Kier molecular flexibility index (Phi) is 5.95. The summed E-state index contributed by atoms with van der Waals surface area (Å²) >= 11 is 0. The Morgan fingerprint density at radius 2 is 1.89 bits per heavy atom. The van der Waals surface area contributed by atoms with Gasteiger partial charge in [0, 0.05) is 19.2 Å². The molecule has 0 spiro atoms. The summed E-state index contributed by atoms with van der Waals surface area (Å²) in [6.45, 7) is 3.84. The number of rotatable bonds is 7. The lowest BCUT2D eigenvalue weighted by molar-refractivity contribution is 0.222. The van der Waals surface area contributed by atoms with Crippen molar-refractivity contribution in [1.82, 2.24) is 4.90 Å². The van der Waals surface area contributed by atoms with Gasteiger partial charge in [-0.15, -0.1) is 0 Å². The van der Waals surface area contributed by atoms with Crippen molar-refractivity contribution in [3.63, 3.8) is 0 Å². The van der Waals surface area contributed by atoms with E-state index in [0.29, 0.717) is 6.54 Å². The maximum atomic E-state index is 8.87. The summed E-state index contributed by atoms with van der Waals surface area (Å²) in [7, 11) is 5.33. The van der Waals surface area contributed by atoms with Crippen LogP contribution < -0.4 is 9.47 Å². The standard InChI is InChI=1S/C14H23NO3/c1-11-9-12(17-3)10-14(18-4)13(11)5-6-15(2)7-8-16/h9-10,16H,5-8H2,1-4H3. The third-order valence-corrected chi connectivity index (χ3v) is 3.09. The molecule has 1 aromatic carbocycles. The first-order valence-electron chi connectivity index (χ1n) is 6.13. The van der Waals surface area contributed by atoms with Crippen LogP contribution in [0.15, 0.2) is 12.1 Å². The highest BCUT2D eigenvalue weighted by molar-refractivity contribution is 5.46. The molecule has 0 heterocycles. The number of methoxy groups -OCH3 is 2. The number of aliphatic hydroxyl groups is 1. The van der Waals surface area contributed by atoms with Crippen molar-refractivity contribution < 1.29 is 14.6 Å². The monoisotopic (exact) mass is 253 g/mol. The number of aryl methyl sites for hydroxylation is 1. The van der Waals surface area contributed by atoms with Crippen LogP contribution in [0, 0.1) is 6.92 Å². The Balaban J connectivity index is 2.81. The Hall–Kier alpha value is -1.26. The fraction of sp³-hybridized carbons (Fsp3) is 0.571. The molecule has 0 radical (unpaired) electrons. The van der Waals surface area contributed by atoms with Crippen molar-refractivity contribution in [3.05, 3.63) is 23.3 Å². The number of aliphatic hydroxyl groups excluding tert-OH is 1. The van der Waals surface area contributed by atoms with Crippen molar-refractivity contribution in [2.75, 3.05) is 41.0 Å². The molecule has 0 fully saturated rings. The zero-order valence-electron chi connectivity index (χ0n) is 11.7. The molecule has 0 aliphatic rings. The average molecular weight is 253 g/mol. The summed E-state index contributed by atoms with van der Waals surface area (Å²) in [5.41, 5.74) is 2.37. The zero-order chi connectivity index (χ0) is 13.5. The van der Waals surface area contributed by atoms with E-state index < -0.39 is 0 Å². The van der Waals surface area contributed by atoms with Gasteiger partial charge in [0.2, 0.25) is 0 Å². The van der Waals surface area contributed by atoms with Gasteiger partial charge >= 0.3 is 0 Å². The number of likely N-dealkylation sites (N-methyl/N-ethyl adjacent to an activating group) is 1. The summed E-state index contributed by atoms with van der Waals surface area (Å²) in [5.74, 6) is 1.68. The predicted molar refractivity (Wildman–Crippen MR) is 72.6 cm³/mol. The maximum Gasteiger partial charge on any atom is 0.126 e. The fourth-order valence-corrected chi connectivity index (χ4v) is 1.96. The zero-order valence-corrected chi connectivity index (χ0v) is 11.7. The molecule has 0 amide bonds. The van der Waals surface area contributed by atoms with E-state index in [2.05, 4.69) is 11.8 Å². The van der Waals surface area contributed by atoms with Crippen LogP contribution in [0.1, 0.15) is 11.1 Å². The fourth-order valence-electron chi connectivity index (χ4n) is 1.96. The summed E-state index contributed by atoms with van der Waals surface area (Å²) in [6.07, 6.45) is 0.898. The number of hydrogen-bond donors (Lipinski definition) is 1. The summed E-state index contributed by atoms with van der Waals surface area (Å²) in [6, 6.07) is 3.93. The van der Waals surface area contributed by atoms with E-state index in [1.807, 2.05) is 19.2 Å². The van der Waals surface area contributed by atoms with E-state index >= 15 is 0 Å². The molecule has 0 bridgehead atoms. The molecular weight excluding hydrogens is 230 g/mol. The highest BCUT2D eigenvalue weighted by atomic mass is 16.5. The van der Waals surface area contributed by atoms with Gasteiger partial charge < -0.3 is 19.5 Å². The molecule has 0 aliphatic carbocycles. The Morgan fingerprint density at radius 3 is 2.44 bits per heavy atom. The molecular formula is C14H23NO3. The third-order valence-electron chi connectivity index (χ3n) is 3.09. The molecule has 0 saturated carbocycles. The van der Waals surface area contributed by atoms with Crippen LogP contribution in [0.5, 0.6) is 11.5 Å². The predicted octanol–water partition coefficient (Wildman–Crippen LogP) is 1.48. The molecule has 1 rings (SSSR count). The van der Waals surface area contributed by atoms with Crippen LogP contribution in [0.25, 0.3) is 0 Å². The molecule has 102 valence electrons. The lowest BCUT2D eigenvalue weighted by atomic mass is 10.0. The van der Waals surface area contributed by atoms with Crippen molar-refractivity contribution in [1.29, 1.82) is 0 Å². The third kappa shape index (κ3) is 3.89. The topological polar surface area (TPSA) is 41.9 Å². The second-order valence-corrected chi connectivity index (χ2v) is 4.40. The minimum absolute atomic E-state index is 0.190. The quantitative estimate of drug-likeness (QED) is 0.799. The van der Waals surface area contributed by atoms with Crippen LogP contribution in [-0.4, -0.2) is 51.0 Å². The van der Waals surface area contributed by atoms with Crippen LogP contribution in [0.4, 0.5) is 0 Å². The molecule has 1 aromatic rings. The van der Waals surface area contributed by atoms with Gasteiger partial charge in [0.05, 0.1) is 20.8 Å². The van der Waals surface area contributed by atoms with Crippen molar-refractivity contribution in [2.45, 2.75) is 13.3 Å². The summed E-state index contributed by atoms with van der Waals surface area (Å²) in [5, 5.41) is 8.87. The molecule has 4 nitrogen and oxygen atoms in total. The highest BCUT2D eigenvalue weighted by Gasteiger charge is 2.10. The van der Waals surface area contributed by atoms with Crippen molar-refractivity contribution in [2.24, 2.45) is 0 Å². The van der Waals surface area contributed by atoms with Gasteiger partial charge in [0.1, 0.15) is 11.5 Å². The maximum absolute atomic E-state index is 8.87. The van der Waals surface area contributed by atoms with E-state index in [-0.39, 0.29) is 6.61 Å². The molecule has 0 aliphatic heterocycles. The van der Waals surface area contributed by atoms with Gasteiger partial charge in [-0.3, -0.25) is 0 Å². The normalized spacial score (nSPS) is 10.8. The van der Waals surface area contributed by atoms with Gasteiger partial charge in [-0.25, -0.2) is 0 Å². The summed E-state index contributed by atoms with van der Waals surface area (Å²) in [4.78, 5) is 2.10. The van der Waals surface area contributed by atoms with Gasteiger partial charge in [0.15, 0.2) is 0 Å². The molecule has 4 heteroatoms. The van der Waals surface area contributed by atoms with E-state index in [4.69, 9.17) is 14.6 Å². The van der Waals surface area contributed by atoms with E-state index in [0.717, 1.165) is 24.5 Å². The largest absolute Gasteiger partial charge is 0.497 e. The van der Waals surface area contributed by atoms with E-state index in [9.17, 15) is 0 Å². The average Bonchev–Trinajstić information content (AvgIpc) is 2.36. The molecule has 0 unspecified atom stereocenters. The van der Waals surface area contributed by atoms with Crippen molar-refractivity contribution in [3.8, 4) is 11.5 Å². The molecule has 0 aromatic heterocycles. The summed E-state index contributed by atoms with van der Waals surface area (Å²) < 4.78 is 10.6. The Labute approximate surface area is 109 Å². The van der Waals surface area contributed by atoms with Gasteiger partial charge in [-0.05, 0) is 37.6 Å². The first-order chi connectivity index (χ1) is 8.62. The van der Waals surface area contributed by atoms with Crippen LogP contribution in [-0.2, 0) is 6.42 Å². The number of ether oxygens (including phenoxy) is 2. The first-order valence-corrected chi connectivity index (χ1v) is 6.13. The minimum Gasteiger partial charge on any atom is -0.497 e. The smallest absolute Gasteiger partial charge is 0.126 e.